The summed E-state index contributed by atoms with van der Waals surface area (Å²) in [5.41, 5.74) is -1.55. The van der Waals surface area contributed by atoms with Gasteiger partial charge in [0.2, 0.25) is 5.91 Å². The van der Waals surface area contributed by atoms with Crippen molar-refractivity contribution in [2.24, 2.45) is 5.41 Å². The van der Waals surface area contributed by atoms with Crippen LogP contribution in [0.15, 0.2) is 48.5 Å². The molecule has 0 saturated carbocycles. The van der Waals surface area contributed by atoms with Crippen LogP contribution in [0.5, 0.6) is 0 Å². The molecule has 3 amide bonds. The van der Waals surface area contributed by atoms with Gasteiger partial charge in [-0.2, -0.15) is 0 Å². The van der Waals surface area contributed by atoms with Gasteiger partial charge in [0.1, 0.15) is 11.2 Å². The van der Waals surface area contributed by atoms with E-state index >= 15 is 0 Å². The minimum atomic E-state index is -1.31. The van der Waals surface area contributed by atoms with Gasteiger partial charge in [0.25, 0.3) is 0 Å². The van der Waals surface area contributed by atoms with Gasteiger partial charge in [-0.15, -0.1) is 0 Å². The molecule has 45 heavy (non-hydrogen) atoms. The van der Waals surface area contributed by atoms with Gasteiger partial charge in [-0.1, -0.05) is 61.3 Å². The number of halogens is 2. The van der Waals surface area contributed by atoms with Crippen molar-refractivity contribution in [3.8, 4) is 0 Å². The molecule has 2 aromatic rings. The van der Waals surface area contributed by atoms with Crippen molar-refractivity contribution in [1.29, 1.82) is 0 Å². The molecule has 0 aliphatic carbocycles. The molecule has 4 atom stereocenters. The highest BCUT2D eigenvalue weighted by atomic mass is 35.5. The number of ether oxygens (including phenoxy) is 2. The molecule has 0 bridgehead atoms. The molecule has 246 valence electrons. The van der Waals surface area contributed by atoms with Gasteiger partial charge in [0.05, 0.1) is 30.5 Å². The molecule has 1 aliphatic heterocycles. The van der Waals surface area contributed by atoms with Gasteiger partial charge < -0.3 is 19.5 Å². The first kappa shape index (κ1) is 36.2. The smallest absolute Gasteiger partial charge is 0.419 e. The summed E-state index contributed by atoms with van der Waals surface area (Å²) in [6.07, 6.45) is -1.70. The third kappa shape index (κ3) is 9.36. The van der Waals surface area contributed by atoms with E-state index in [2.05, 4.69) is 0 Å². The number of aliphatic carboxylic acids is 1. The highest BCUT2D eigenvalue weighted by Gasteiger charge is 2.53. The van der Waals surface area contributed by atoms with E-state index in [0.29, 0.717) is 16.5 Å². The number of rotatable bonds is 8. The van der Waals surface area contributed by atoms with Crippen molar-refractivity contribution >= 4 is 47.3 Å². The number of carboxylic acid groups (broad SMARTS) is 1. The van der Waals surface area contributed by atoms with Crippen LogP contribution in [0.1, 0.15) is 97.7 Å². The summed E-state index contributed by atoms with van der Waals surface area (Å²) >= 11 is 12.7. The second kappa shape index (κ2) is 14.0. The normalized spacial score (nSPS) is 21.2. The number of likely N-dealkylation sites (tertiary alicyclic amines) is 1. The van der Waals surface area contributed by atoms with E-state index in [4.69, 9.17) is 32.7 Å². The SMILES string of the molecule is CC[C@@H](CN(C(=O)OC(C)(C)C)C(=O)OC(C)(C)C)N1C(=O)[C@@](C)(CC(=O)O)C[C@H](c2cccc(Cl)c2)[C@H]1c1ccc(Cl)cc1. The minimum absolute atomic E-state index is 0.223. The van der Waals surface area contributed by atoms with Crippen molar-refractivity contribution < 1.29 is 33.8 Å². The number of hydrogen-bond acceptors (Lipinski definition) is 6. The number of benzene rings is 2. The number of amides is 3. The van der Waals surface area contributed by atoms with Crippen LogP contribution in [0.2, 0.25) is 10.0 Å². The van der Waals surface area contributed by atoms with E-state index in [1.807, 2.05) is 37.3 Å². The van der Waals surface area contributed by atoms with Crippen molar-refractivity contribution in [2.45, 2.75) is 104 Å². The molecule has 0 radical (unpaired) electrons. The van der Waals surface area contributed by atoms with Crippen LogP contribution in [0.3, 0.4) is 0 Å². The van der Waals surface area contributed by atoms with E-state index in [-0.39, 0.29) is 13.0 Å². The van der Waals surface area contributed by atoms with Crippen molar-refractivity contribution in [3.63, 3.8) is 0 Å². The number of carbonyl (C=O) groups excluding carboxylic acids is 3. The van der Waals surface area contributed by atoms with Gasteiger partial charge in [0, 0.05) is 16.0 Å². The highest BCUT2D eigenvalue weighted by Crippen LogP contribution is 2.52. The first-order chi connectivity index (χ1) is 20.7. The quantitative estimate of drug-likeness (QED) is 0.301. The van der Waals surface area contributed by atoms with Crippen LogP contribution in [0, 0.1) is 5.41 Å². The Hall–Kier alpha value is -3.30. The summed E-state index contributed by atoms with van der Waals surface area (Å²) in [7, 11) is 0. The molecule has 2 aromatic carbocycles. The Morgan fingerprint density at radius 2 is 1.51 bits per heavy atom. The molecule has 1 aliphatic rings. The van der Waals surface area contributed by atoms with Gasteiger partial charge in [-0.05, 0) is 89.8 Å². The third-order valence-electron chi connectivity index (χ3n) is 7.62. The maximum Gasteiger partial charge on any atom is 0.419 e. The Kier molecular flexibility index (Phi) is 11.2. The van der Waals surface area contributed by atoms with Gasteiger partial charge in [-0.25, -0.2) is 14.5 Å². The number of hydrogen-bond donors (Lipinski definition) is 1. The Bertz CT molecular complexity index is 1370. The topological polar surface area (TPSA) is 113 Å². The van der Waals surface area contributed by atoms with Crippen LogP contribution in [-0.2, 0) is 19.1 Å². The molecule has 1 N–H and O–H groups in total. The molecular weight excluding hydrogens is 619 g/mol. The molecule has 1 heterocycles. The Morgan fingerprint density at radius 3 is 1.98 bits per heavy atom. The van der Waals surface area contributed by atoms with Crippen LogP contribution < -0.4 is 0 Å². The fourth-order valence-corrected chi connectivity index (χ4v) is 6.09. The van der Waals surface area contributed by atoms with Crippen LogP contribution >= 0.6 is 23.2 Å². The lowest BCUT2D eigenvalue weighted by Crippen LogP contribution is -2.59. The summed E-state index contributed by atoms with van der Waals surface area (Å²) in [5, 5.41) is 10.9. The zero-order chi connectivity index (χ0) is 33.9. The first-order valence-corrected chi connectivity index (χ1v) is 15.8. The van der Waals surface area contributed by atoms with Gasteiger partial charge in [-0.3, -0.25) is 9.59 Å². The van der Waals surface area contributed by atoms with Gasteiger partial charge in [0.15, 0.2) is 0 Å². The van der Waals surface area contributed by atoms with E-state index in [1.54, 1.807) is 71.6 Å². The average molecular weight is 664 g/mol. The Labute approximate surface area is 275 Å². The number of imide groups is 1. The fourth-order valence-electron chi connectivity index (χ4n) is 5.76. The summed E-state index contributed by atoms with van der Waals surface area (Å²) < 4.78 is 11.2. The molecular formula is C34H44Cl2N2O7. The molecule has 11 heteroatoms. The summed E-state index contributed by atoms with van der Waals surface area (Å²) in [4.78, 5) is 56.2. The lowest BCUT2D eigenvalue weighted by atomic mass is 9.67. The zero-order valence-corrected chi connectivity index (χ0v) is 28.7. The monoisotopic (exact) mass is 662 g/mol. The van der Waals surface area contributed by atoms with Crippen molar-refractivity contribution in [3.05, 3.63) is 69.7 Å². The van der Waals surface area contributed by atoms with Crippen molar-refractivity contribution in [2.75, 3.05) is 6.54 Å². The zero-order valence-electron chi connectivity index (χ0n) is 27.2. The number of carboxylic acids is 1. The predicted octanol–water partition coefficient (Wildman–Crippen LogP) is 8.48. The minimum Gasteiger partial charge on any atom is -0.481 e. The lowest BCUT2D eigenvalue weighted by Gasteiger charge is -2.52. The molecule has 3 rings (SSSR count). The number of nitrogens with zero attached hydrogens (tertiary/aromatic N) is 2. The van der Waals surface area contributed by atoms with E-state index in [1.165, 1.54) is 0 Å². The molecule has 0 aromatic heterocycles. The molecule has 0 unspecified atom stereocenters. The largest absolute Gasteiger partial charge is 0.481 e. The standard InChI is InChI=1S/C34H44Cl2N2O7/c1-9-25(20-37(30(42)44-32(2,3)4)31(43)45-33(5,6)7)38-28(21-13-15-23(35)16-14-21)26(22-11-10-12-24(36)17-22)18-34(8,29(38)41)19-27(39)40/h10-17,25-26,28H,9,18-20H2,1-8H3,(H,39,40)/t25-,26+,28+,34+/m0/s1. The predicted molar refractivity (Wildman–Crippen MR) is 173 cm³/mol. The van der Waals surface area contributed by atoms with Crippen LogP contribution in [0.25, 0.3) is 0 Å². The second-order valence-electron chi connectivity index (χ2n) is 13.8. The summed E-state index contributed by atoms with van der Waals surface area (Å²) in [6.45, 7) is 13.4. The molecule has 1 saturated heterocycles. The first-order valence-electron chi connectivity index (χ1n) is 15.0. The van der Waals surface area contributed by atoms with Crippen molar-refractivity contribution in [1.82, 2.24) is 9.80 Å². The second-order valence-corrected chi connectivity index (χ2v) is 14.7. The Balaban J connectivity index is 2.24. The molecule has 1 fully saturated rings. The van der Waals surface area contributed by atoms with E-state index in [9.17, 15) is 24.3 Å². The number of carbonyl (C=O) groups is 4. The summed E-state index contributed by atoms with van der Waals surface area (Å²) in [6, 6.07) is 13.1. The molecule has 0 spiro atoms. The third-order valence-corrected chi connectivity index (χ3v) is 8.10. The number of piperidine rings is 1. The molecule has 9 nitrogen and oxygen atoms in total. The van der Waals surface area contributed by atoms with Gasteiger partial charge >= 0.3 is 18.2 Å². The maximum absolute atomic E-state index is 14.6. The lowest BCUT2D eigenvalue weighted by molar-refractivity contribution is -0.161. The van der Waals surface area contributed by atoms with E-state index < -0.39 is 65.1 Å². The van der Waals surface area contributed by atoms with Crippen LogP contribution in [-0.4, -0.2) is 62.8 Å². The van der Waals surface area contributed by atoms with Crippen LogP contribution in [0.4, 0.5) is 9.59 Å². The fraction of sp³-hybridized carbons (Fsp3) is 0.529. The average Bonchev–Trinajstić information content (AvgIpc) is 2.89. The highest BCUT2D eigenvalue weighted by molar-refractivity contribution is 6.30. The Morgan fingerprint density at radius 1 is 0.956 bits per heavy atom. The summed E-state index contributed by atoms with van der Waals surface area (Å²) in [5.74, 6) is -1.90. The maximum atomic E-state index is 14.6. The van der Waals surface area contributed by atoms with E-state index in [0.717, 1.165) is 16.0 Å².